The molecule has 0 fully saturated rings. The second-order valence-electron chi connectivity index (χ2n) is 5.33. The molecule has 0 aliphatic carbocycles. The molecular weight excluding hydrogens is 186 g/mol. The summed E-state index contributed by atoms with van der Waals surface area (Å²) in [4.78, 5) is 13.2. The van der Waals surface area contributed by atoms with Crippen LogP contribution in [-0.2, 0) is 4.79 Å². The number of hydrogen-bond donors (Lipinski definition) is 0. The number of nitrogens with zero attached hydrogens (tertiary/aromatic N) is 1. The normalized spacial score (nSPS) is 13.8. The summed E-state index contributed by atoms with van der Waals surface area (Å²) in [6, 6.07) is 0. The summed E-state index contributed by atoms with van der Waals surface area (Å²) in [7, 11) is 0. The second kappa shape index (κ2) is 3.43. The quantitative estimate of drug-likeness (QED) is 0.278. The van der Waals surface area contributed by atoms with Crippen LogP contribution >= 0.6 is 11.6 Å². The van der Waals surface area contributed by atoms with Crippen LogP contribution in [0, 0.1) is 10.8 Å². The minimum atomic E-state index is -0.901. The third-order valence-electron chi connectivity index (χ3n) is 2.19. The van der Waals surface area contributed by atoms with Gasteiger partial charge in [0.15, 0.2) is 5.00 Å². The van der Waals surface area contributed by atoms with E-state index in [9.17, 15) is 4.79 Å². The Bertz CT molecular complexity index is 214. The zero-order valence-corrected chi connectivity index (χ0v) is 9.99. The third-order valence-corrected chi connectivity index (χ3v) is 3.41. The standard InChI is InChI=1S/C10H18ClNO/c1-8(2,3)10(11,12-7-13)9(4,5)6/h1-6H3. The second-order valence-corrected chi connectivity index (χ2v) is 5.87. The maximum absolute atomic E-state index is 10.3. The van der Waals surface area contributed by atoms with Gasteiger partial charge in [-0.3, -0.25) is 0 Å². The molecule has 0 saturated heterocycles. The zero-order chi connectivity index (χ0) is 10.9. The molecule has 0 bridgehead atoms. The Morgan fingerprint density at radius 2 is 1.31 bits per heavy atom. The van der Waals surface area contributed by atoms with Crippen LogP contribution in [0.2, 0.25) is 0 Å². The lowest BCUT2D eigenvalue weighted by Gasteiger charge is -2.44. The molecule has 0 radical (unpaired) electrons. The van der Waals surface area contributed by atoms with Crippen LogP contribution in [0.25, 0.3) is 0 Å². The summed E-state index contributed by atoms with van der Waals surface area (Å²) in [6.45, 7) is 11.8. The number of hydrogen-bond acceptors (Lipinski definition) is 2. The van der Waals surface area contributed by atoms with Gasteiger partial charge in [0.25, 0.3) is 0 Å². The number of aliphatic imine (C=N–C) groups is 1. The van der Waals surface area contributed by atoms with Crippen molar-refractivity contribution in [3.63, 3.8) is 0 Å². The van der Waals surface area contributed by atoms with Gasteiger partial charge in [-0.1, -0.05) is 53.1 Å². The van der Waals surface area contributed by atoms with Crippen molar-refractivity contribution < 1.29 is 4.79 Å². The van der Waals surface area contributed by atoms with Gasteiger partial charge < -0.3 is 0 Å². The summed E-state index contributed by atoms with van der Waals surface area (Å²) in [5.74, 6) is 0. The number of rotatable bonds is 1. The Labute approximate surface area is 85.4 Å². The van der Waals surface area contributed by atoms with E-state index in [0.29, 0.717) is 0 Å². The molecule has 0 N–H and O–H groups in total. The highest BCUT2D eigenvalue weighted by molar-refractivity contribution is 6.25. The van der Waals surface area contributed by atoms with E-state index in [1.165, 1.54) is 0 Å². The van der Waals surface area contributed by atoms with Crippen LogP contribution in [0.5, 0.6) is 0 Å². The fraction of sp³-hybridized carbons (Fsp3) is 0.900. The Morgan fingerprint density at radius 3 is 1.38 bits per heavy atom. The highest BCUT2D eigenvalue weighted by Gasteiger charge is 2.49. The van der Waals surface area contributed by atoms with E-state index in [4.69, 9.17) is 11.6 Å². The van der Waals surface area contributed by atoms with Crippen molar-refractivity contribution >= 4 is 17.7 Å². The molecule has 0 spiro atoms. The first kappa shape index (κ1) is 12.7. The molecule has 0 unspecified atom stereocenters. The SMILES string of the molecule is CC(C)(C)C(Cl)(N=C=O)C(C)(C)C. The van der Waals surface area contributed by atoms with Gasteiger partial charge in [0.1, 0.15) is 0 Å². The van der Waals surface area contributed by atoms with E-state index in [1.54, 1.807) is 6.08 Å². The van der Waals surface area contributed by atoms with Crippen LogP contribution in [0.4, 0.5) is 0 Å². The van der Waals surface area contributed by atoms with E-state index >= 15 is 0 Å². The van der Waals surface area contributed by atoms with Crippen molar-refractivity contribution in [1.29, 1.82) is 0 Å². The summed E-state index contributed by atoms with van der Waals surface area (Å²) in [6.07, 6.45) is 1.56. The first-order valence-corrected chi connectivity index (χ1v) is 4.72. The Hall–Kier alpha value is -0.330. The first-order valence-electron chi connectivity index (χ1n) is 4.34. The predicted molar refractivity (Wildman–Crippen MR) is 55.6 cm³/mol. The smallest absolute Gasteiger partial charge is 0.211 e. The van der Waals surface area contributed by atoms with Crippen molar-refractivity contribution in [2.24, 2.45) is 15.8 Å². The third kappa shape index (κ3) is 2.32. The number of isocyanates is 1. The van der Waals surface area contributed by atoms with Crippen molar-refractivity contribution in [3.8, 4) is 0 Å². The molecule has 0 aliphatic heterocycles. The Kier molecular flexibility index (Phi) is 3.35. The molecule has 0 rings (SSSR count). The van der Waals surface area contributed by atoms with Crippen LogP contribution in [0.3, 0.4) is 0 Å². The highest BCUT2D eigenvalue weighted by Crippen LogP contribution is 2.49. The van der Waals surface area contributed by atoms with Gasteiger partial charge in [-0.2, -0.15) is 4.99 Å². The van der Waals surface area contributed by atoms with Gasteiger partial charge in [0.2, 0.25) is 6.08 Å². The molecule has 3 heteroatoms. The minimum absolute atomic E-state index is 0.274. The molecule has 0 amide bonds. The van der Waals surface area contributed by atoms with Gasteiger partial charge in [0.05, 0.1) is 0 Å². The van der Waals surface area contributed by atoms with Gasteiger partial charge in [0, 0.05) is 10.8 Å². The predicted octanol–water partition coefficient (Wildman–Crippen LogP) is 3.35. The van der Waals surface area contributed by atoms with E-state index in [-0.39, 0.29) is 10.8 Å². The number of halogens is 1. The number of carbonyl (C=O) groups excluding carboxylic acids is 1. The van der Waals surface area contributed by atoms with Gasteiger partial charge in [-0.05, 0) is 0 Å². The molecule has 0 heterocycles. The maximum Gasteiger partial charge on any atom is 0.236 e. The summed E-state index contributed by atoms with van der Waals surface area (Å²) >= 11 is 6.36. The molecule has 13 heavy (non-hydrogen) atoms. The average molecular weight is 204 g/mol. The largest absolute Gasteiger partial charge is 0.236 e. The van der Waals surface area contributed by atoms with Crippen LogP contribution in [0.15, 0.2) is 4.99 Å². The molecule has 2 nitrogen and oxygen atoms in total. The molecule has 76 valence electrons. The Balaban J connectivity index is 5.33. The fourth-order valence-corrected chi connectivity index (χ4v) is 1.56. The van der Waals surface area contributed by atoms with E-state index < -0.39 is 5.00 Å². The lowest BCUT2D eigenvalue weighted by molar-refractivity contribution is 0.141. The lowest BCUT2D eigenvalue weighted by Crippen LogP contribution is -2.46. The molecule has 0 saturated carbocycles. The average Bonchev–Trinajstić information content (AvgIpc) is 1.82. The number of alkyl halides is 1. The maximum atomic E-state index is 10.3. The summed E-state index contributed by atoms with van der Waals surface area (Å²) in [5.41, 5.74) is -0.547. The molecule has 0 aromatic carbocycles. The molecule has 0 aromatic heterocycles. The van der Waals surface area contributed by atoms with Gasteiger partial charge >= 0.3 is 0 Å². The van der Waals surface area contributed by atoms with Crippen LogP contribution in [0.1, 0.15) is 41.5 Å². The van der Waals surface area contributed by atoms with E-state index in [1.807, 2.05) is 41.5 Å². The highest BCUT2D eigenvalue weighted by atomic mass is 35.5. The monoisotopic (exact) mass is 203 g/mol. The van der Waals surface area contributed by atoms with E-state index in [0.717, 1.165) is 0 Å². The molecule has 0 aliphatic rings. The fourth-order valence-electron chi connectivity index (χ4n) is 1.52. The van der Waals surface area contributed by atoms with Gasteiger partial charge in [-0.25, -0.2) is 4.79 Å². The zero-order valence-electron chi connectivity index (χ0n) is 9.23. The van der Waals surface area contributed by atoms with Crippen LogP contribution in [-0.4, -0.2) is 11.1 Å². The molecular formula is C10H18ClNO. The topological polar surface area (TPSA) is 29.4 Å². The molecule has 0 aromatic rings. The Morgan fingerprint density at radius 1 is 1.00 bits per heavy atom. The van der Waals surface area contributed by atoms with E-state index in [2.05, 4.69) is 4.99 Å². The summed E-state index contributed by atoms with van der Waals surface area (Å²) < 4.78 is 0. The van der Waals surface area contributed by atoms with Crippen molar-refractivity contribution in [2.75, 3.05) is 0 Å². The van der Waals surface area contributed by atoms with Crippen LogP contribution < -0.4 is 0 Å². The van der Waals surface area contributed by atoms with Crippen molar-refractivity contribution in [2.45, 2.75) is 46.5 Å². The summed E-state index contributed by atoms with van der Waals surface area (Å²) in [5, 5.41) is 0. The molecule has 0 atom stereocenters. The van der Waals surface area contributed by atoms with Crippen molar-refractivity contribution in [1.82, 2.24) is 0 Å². The van der Waals surface area contributed by atoms with Gasteiger partial charge in [-0.15, -0.1) is 0 Å². The first-order chi connectivity index (χ1) is 5.56. The minimum Gasteiger partial charge on any atom is -0.211 e. The lowest BCUT2D eigenvalue weighted by atomic mass is 9.71. The van der Waals surface area contributed by atoms with Crippen molar-refractivity contribution in [3.05, 3.63) is 0 Å².